The number of benzene rings is 1. The Labute approximate surface area is 114 Å². The van der Waals surface area contributed by atoms with Gasteiger partial charge in [-0.25, -0.2) is 0 Å². The largest absolute Gasteiger partial charge is 0.493 e. The first-order chi connectivity index (χ1) is 8.85. The van der Waals surface area contributed by atoms with E-state index in [0.29, 0.717) is 17.9 Å². The summed E-state index contributed by atoms with van der Waals surface area (Å²) in [5, 5.41) is 9.44. The van der Waals surface area contributed by atoms with Crippen LogP contribution >= 0.6 is 0 Å². The predicted molar refractivity (Wildman–Crippen MR) is 73.8 cm³/mol. The first-order valence-electron chi connectivity index (χ1n) is 6.29. The molecule has 0 bridgehead atoms. The highest BCUT2D eigenvalue weighted by Crippen LogP contribution is 2.35. The van der Waals surface area contributed by atoms with E-state index in [1.807, 2.05) is 26.0 Å². The van der Waals surface area contributed by atoms with E-state index in [2.05, 4.69) is 0 Å². The number of aliphatic carboxylic acids is 1. The van der Waals surface area contributed by atoms with Gasteiger partial charge in [0.25, 0.3) is 0 Å². The summed E-state index contributed by atoms with van der Waals surface area (Å²) < 4.78 is 10.4. The molecule has 0 amide bonds. The molecule has 0 aromatic heterocycles. The molecule has 0 spiro atoms. The number of carbonyl (C=O) groups is 1. The third-order valence-electron chi connectivity index (χ3n) is 3.78. The zero-order chi connectivity index (χ0) is 14.6. The van der Waals surface area contributed by atoms with Gasteiger partial charge in [0.2, 0.25) is 0 Å². The number of hydrogen-bond acceptors (Lipinski definition) is 3. The summed E-state index contributed by atoms with van der Waals surface area (Å²) >= 11 is 0. The van der Waals surface area contributed by atoms with Gasteiger partial charge in [-0.15, -0.1) is 0 Å². The predicted octanol–water partition coefficient (Wildman–Crippen LogP) is 2.99. The van der Waals surface area contributed by atoms with E-state index in [1.165, 1.54) is 0 Å². The monoisotopic (exact) mass is 266 g/mol. The molecule has 0 aliphatic rings. The summed E-state index contributed by atoms with van der Waals surface area (Å²) in [6.07, 6.45) is 0.459. The fraction of sp³-hybridized carbons (Fsp3) is 0.533. The van der Waals surface area contributed by atoms with E-state index < -0.39 is 11.4 Å². The Hall–Kier alpha value is -1.71. The van der Waals surface area contributed by atoms with Gasteiger partial charge in [0.15, 0.2) is 11.5 Å². The molecule has 1 aromatic rings. The summed E-state index contributed by atoms with van der Waals surface area (Å²) in [5.74, 6) is 0.528. The second-order valence-electron chi connectivity index (χ2n) is 5.24. The third-order valence-corrected chi connectivity index (χ3v) is 3.78. The topological polar surface area (TPSA) is 55.8 Å². The molecule has 0 radical (unpaired) electrons. The van der Waals surface area contributed by atoms with E-state index in [4.69, 9.17) is 9.47 Å². The smallest absolute Gasteiger partial charge is 0.309 e. The SMILES string of the molecule is COc1ccc(CC(C)(C(=O)O)C(C)C)cc1OC. The van der Waals surface area contributed by atoms with Gasteiger partial charge >= 0.3 is 5.97 Å². The van der Waals surface area contributed by atoms with Crippen molar-refractivity contribution in [3.8, 4) is 11.5 Å². The maximum atomic E-state index is 11.5. The van der Waals surface area contributed by atoms with Crippen LogP contribution in [0.5, 0.6) is 11.5 Å². The van der Waals surface area contributed by atoms with E-state index >= 15 is 0 Å². The fourth-order valence-electron chi connectivity index (χ4n) is 1.94. The third kappa shape index (κ3) is 3.19. The number of methoxy groups -OCH3 is 2. The Morgan fingerprint density at radius 1 is 1.26 bits per heavy atom. The van der Waals surface area contributed by atoms with E-state index in [1.54, 1.807) is 27.2 Å². The average Bonchev–Trinajstić information content (AvgIpc) is 2.37. The number of rotatable bonds is 6. The second kappa shape index (κ2) is 5.95. The first-order valence-corrected chi connectivity index (χ1v) is 6.29. The van der Waals surface area contributed by atoms with E-state index in [9.17, 15) is 9.90 Å². The van der Waals surface area contributed by atoms with Gasteiger partial charge in [0, 0.05) is 0 Å². The van der Waals surface area contributed by atoms with Crippen molar-refractivity contribution in [1.82, 2.24) is 0 Å². The number of hydrogen-bond donors (Lipinski definition) is 1. The molecule has 0 fully saturated rings. The molecule has 4 nitrogen and oxygen atoms in total. The van der Waals surface area contributed by atoms with Gasteiger partial charge < -0.3 is 14.6 Å². The average molecular weight is 266 g/mol. The highest BCUT2D eigenvalue weighted by atomic mass is 16.5. The van der Waals surface area contributed by atoms with Crippen molar-refractivity contribution in [3.63, 3.8) is 0 Å². The minimum Gasteiger partial charge on any atom is -0.493 e. The van der Waals surface area contributed by atoms with Gasteiger partial charge in [-0.3, -0.25) is 4.79 Å². The summed E-state index contributed by atoms with van der Waals surface area (Å²) in [4.78, 5) is 11.5. The summed E-state index contributed by atoms with van der Waals surface area (Å²) in [6.45, 7) is 5.63. The van der Waals surface area contributed by atoms with Crippen molar-refractivity contribution in [2.45, 2.75) is 27.2 Å². The lowest BCUT2D eigenvalue weighted by Crippen LogP contribution is -2.35. The van der Waals surface area contributed by atoms with Crippen molar-refractivity contribution in [2.24, 2.45) is 11.3 Å². The molecule has 0 aliphatic heterocycles. The molecular formula is C15H22O4. The lowest BCUT2D eigenvalue weighted by atomic mass is 9.74. The molecule has 19 heavy (non-hydrogen) atoms. The van der Waals surface area contributed by atoms with Crippen molar-refractivity contribution in [2.75, 3.05) is 14.2 Å². The Bertz CT molecular complexity index is 453. The lowest BCUT2D eigenvalue weighted by Gasteiger charge is -2.29. The molecule has 4 heteroatoms. The molecule has 1 unspecified atom stereocenters. The first kappa shape index (κ1) is 15.3. The maximum absolute atomic E-state index is 11.5. The van der Waals surface area contributed by atoms with Crippen LogP contribution in [0.4, 0.5) is 0 Å². The minimum atomic E-state index is -0.792. The van der Waals surface area contributed by atoms with Crippen molar-refractivity contribution in [3.05, 3.63) is 23.8 Å². The second-order valence-corrected chi connectivity index (χ2v) is 5.24. The van der Waals surface area contributed by atoms with Gasteiger partial charge in [0.05, 0.1) is 19.6 Å². The summed E-state index contributed by atoms with van der Waals surface area (Å²) in [7, 11) is 3.15. The van der Waals surface area contributed by atoms with Crippen LogP contribution in [-0.2, 0) is 11.2 Å². The van der Waals surface area contributed by atoms with E-state index in [-0.39, 0.29) is 5.92 Å². The van der Waals surface area contributed by atoms with Crippen LogP contribution in [0.1, 0.15) is 26.3 Å². The van der Waals surface area contributed by atoms with Crippen LogP contribution in [0, 0.1) is 11.3 Å². The quantitative estimate of drug-likeness (QED) is 0.860. The normalized spacial score (nSPS) is 14.0. The molecule has 1 aromatic carbocycles. The maximum Gasteiger partial charge on any atom is 0.309 e. The molecular weight excluding hydrogens is 244 g/mol. The molecule has 1 rings (SSSR count). The number of carboxylic acid groups (broad SMARTS) is 1. The van der Waals surface area contributed by atoms with Gasteiger partial charge in [-0.2, -0.15) is 0 Å². The van der Waals surface area contributed by atoms with Crippen molar-refractivity contribution >= 4 is 5.97 Å². The highest BCUT2D eigenvalue weighted by molar-refractivity contribution is 5.75. The molecule has 0 saturated heterocycles. The lowest BCUT2D eigenvalue weighted by molar-refractivity contribution is -0.150. The molecule has 0 saturated carbocycles. The molecule has 1 atom stereocenters. The molecule has 0 aliphatic carbocycles. The highest BCUT2D eigenvalue weighted by Gasteiger charge is 2.36. The molecule has 106 valence electrons. The Morgan fingerprint density at radius 2 is 1.84 bits per heavy atom. The number of ether oxygens (including phenoxy) is 2. The molecule has 1 N–H and O–H groups in total. The fourth-order valence-corrected chi connectivity index (χ4v) is 1.94. The Kier molecular flexibility index (Phi) is 4.81. The van der Waals surface area contributed by atoms with Crippen LogP contribution in [0.2, 0.25) is 0 Å². The van der Waals surface area contributed by atoms with Crippen LogP contribution in [0.15, 0.2) is 18.2 Å². The molecule has 0 heterocycles. The minimum absolute atomic E-state index is 0.0399. The zero-order valence-corrected chi connectivity index (χ0v) is 12.2. The van der Waals surface area contributed by atoms with E-state index in [0.717, 1.165) is 5.56 Å². The summed E-state index contributed by atoms with van der Waals surface area (Å²) in [5.41, 5.74) is 0.135. The van der Waals surface area contributed by atoms with Gasteiger partial charge in [0.1, 0.15) is 0 Å². The Balaban J connectivity index is 3.08. The van der Waals surface area contributed by atoms with Crippen molar-refractivity contribution in [1.29, 1.82) is 0 Å². The van der Waals surface area contributed by atoms with Crippen LogP contribution in [0.3, 0.4) is 0 Å². The van der Waals surface area contributed by atoms with Crippen LogP contribution in [-0.4, -0.2) is 25.3 Å². The van der Waals surface area contributed by atoms with Gasteiger partial charge in [-0.05, 0) is 37.0 Å². The van der Waals surface area contributed by atoms with Gasteiger partial charge in [-0.1, -0.05) is 19.9 Å². The Morgan fingerprint density at radius 3 is 2.26 bits per heavy atom. The van der Waals surface area contributed by atoms with Crippen molar-refractivity contribution < 1.29 is 19.4 Å². The van der Waals surface area contributed by atoms with Crippen LogP contribution < -0.4 is 9.47 Å². The summed E-state index contributed by atoms with van der Waals surface area (Å²) in [6, 6.07) is 5.52. The van der Waals surface area contributed by atoms with Crippen LogP contribution in [0.25, 0.3) is 0 Å². The zero-order valence-electron chi connectivity index (χ0n) is 12.2. The standard InChI is InChI=1S/C15H22O4/c1-10(2)15(3,14(16)17)9-11-6-7-12(18-4)13(8-11)19-5/h6-8,10H,9H2,1-5H3,(H,16,17). The number of carboxylic acids is 1.